The zero-order valence-electron chi connectivity index (χ0n) is 8.63. The maximum atomic E-state index is 4.55. The van der Waals surface area contributed by atoms with Gasteiger partial charge in [0.2, 0.25) is 0 Å². The largest absolute Gasteiger partial charge is 0.233 e. The Morgan fingerprint density at radius 1 is 1.06 bits per heavy atom. The molecule has 0 saturated heterocycles. The summed E-state index contributed by atoms with van der Waals surface area (Å²) in [7, 11) is 0. The van der Waals surface area contributed by atoms with E-state index in [0.717, 1.165) is 12.1 Å². The lowest BCUT2D eigenvalue weighted by Crippen LogP contribution is -1.91. The van der Waals surface area contributed by atoms with E-state index in [1.54, 1.807) is 0 Å². The third-order valence-corrected chi connectivity index (χ3v) is 2.27. The minimum atomic E-state index is 0.614. The van der Waals surface area contributed by atoms with E-state index in [4.69, 9.17) is 0 Å². The number of aromatic nitrogens is 1. The summed E-state index contributed by atoms with van der Waals surface area (Å²) in [6, 6.07) is 15.9. The normalized spacial score (nSPS) is 9.50. The van der Waals surface area contributed by atoms with Gasteiger partial charge in [-0.1, -0.05) is 36.4 Å². The van der Waals surface area contributed by atoms with E-state index in [9.17, 15) is 0 Å². The molecular formula is C13H10N2S. The third-order valence-electron chi connectivity index (χ3n) is 2.18. The van der Waals surface area contributed by atoms with Crippen molar-refractivity contribution in [2.45, 2.75) is 6.42 Å². The Kier molecular flexibility index (Phi) is 3.54. The average Bonchev–Trinajstić information content (AvgIpc) is 2.31. The highest BCUT2D eigenvalue weighted by Gasteiger charge is 1.98. The fourth-order valence-electron chi connectivity index (χ4n) is 1.48. The lowest BCUT2D eigenvalue weighted by molar-refractivity contribution is 1.07. The summed E-state index contributed by atoms with van der Waals surface area (Å²) in [5.41, 5.74) is 2.22. The van der Waals surface area contributed by atoms with E-state index in [2.05, 4.69) is 39.5 Å². The molecule has 1 aromatic carbocycles. The molecular weight excluding hydrogens is 216 g/mol. The summed E-state index contributed by atoms with van der Waals surface area (Å²) in [5, 5.41) is 2.32. The van der Waals surface area contributed by atoms with Crippen LogP contribution in [0, 0.1) is 0 Å². The summed E-state index contributed by atoms with van der Waals surface area (Å²) < 4.78 is 0. The SMILES string of the molecule is S=C=Nc1cccc(Cc2ccccc2)n1. The standard InChI is InChI=1S/C13H10N2S/c16-10-14-13-8-4-7-12(15-13)9-11-5-2-1-3-6-11/h1-8H,9H2. The first-order valence-electron chi connectivity index (χ1n) is 4.96. The van der Waals surface area contributed by atoms with Crippen LogP contribution >= 0.6 is 12.2 Å². The molecule has 0 atom stereocenters. The number of rotatable bonds is 3. The number of pyridine rings is 1. The van der Waals surface area contributed by atoms with Crippen LogP contribution in [-0.4, -0.2) is 10.1 Å². The first kappa shape index (κ1) is 10.7. The molecule has 1 aromatic heterocycles. The molecule has 0 unspecified atom stereocenters. The van der Waals surface area contributed by atoms with Crippen molar-refractivity contribution in [1.29, 1.82) is 0 Å². The molecule has 0 aliphatic heterocycles. The number of thiocarbonyl (C=S) groups is 1. The summed E-state index contributed by atoms with van der Waals surface area (Å²) in [6.45, 7) is 0. The average molecular weight is 226 g/mol. The van der Waals surface area contributed by atoms with Crippen LogP contribution in [0.2, 0.25) is 0 Å². The monoisotopic (exact) mass is 226 g/mol. The van der Waals surface area contributed by atoms with Gasteiger partial charge in [-0.25, -0.2) is 4.98 Å². The Morgan fingerprint density at radius 3 is 2.62 bits per heavy atom. The highest BCUT2D eigenvalue weighted by Crippen LogP contribution is 2.11. The molecule has 0 amide bonds. The molecule has 0 bridgehead atoms. The number of isothiocyanates is 1. The van der Waals surface area contributed by atoms with Crippen molar-refractivity contribution in [1.82, 2.24) is 4.98 Å². The van der Waals surface area contributed by atoms with E-state index < -0.39 is 0 Å². The van der Waals surface area contributed by atoms with Gasteiger partial charge in [0.15, 0.2) is 5.82 Å². The molecule has 3 heteroatoms. The molecule has 0 fully saturated rings. The first-order valence-corrected chi connectivity index (χ1v) is 5.37. The van der Waals surface area contributed by atoms with Crippen molar-refractivity contribution in [3.05, 3.63) is 59.8 Å². The molecule has 1 heterocycles. The third kappa shape index (κ3) is 2.83. The van der Waals surface area contributed by atoms with E-state index in [-0.39, 0.29) is 0 Å². The lowest BCUT2D eigenvalue weighted by atomic mass is 10.1. The minimum Gasteiger partial charge on any atom is -0.233 e. The molecule has 0 radical (unpaired) electrons. The Hall–Kier alpha value is -1.83. The number of hydrogen-bond donors (Lipinski definition) is 0. The second-order valence-electron chi connectivity index (χ2n) is 3.35. The van der Waals surface area contributed by atoms with Gasteiger partial charge in [-0.3, -0.25) is 0 Å². The molecule has 0 aliphatic carbocycles. The van der Waals surface area contributed by atoms with Crippen LogP contribution in [0.25, 0.3) is 0 Å². The van der Waals surface area contributed by atoms with Crippen LogP contribution in [0.5, 0.6) is 0 Å². The lowest BCUT2D eigenvalue weighted by Gasteiger charge is -2.01. The Labute approximate surface area is 99.7 Å². The van der Waals surface area contributed by atoms with E-state index in [0.29, 0.717) is 5.82 Å². The second-order valence-corrected chi connectivity index (χ2v) is 3.54. The van der Waals surface area contributed by atoms with Gasteiger partial charge in [-0.05, 0) is 29.9 Å². The van der Waals surface area contributed by atoms with Crippen molar-refractivity contribution >= 4 is 23.2 Å². The fourth-order valence-corrected chi connectivity index (χ4v) is 1.57. The topological polar surface area (TPSA) is 25.2 Å². The van der Waals surface area contributed by atoms with Gasteiger partial charge in [0.25, 0.3) is 0 Å². The zero-order chi connectivity index (χ0) is 11.2. The van der Waals surface area contributed by atoms with Crippen LogP contribution in [0.3, 0.4) is 0 Å². The fraction of sp³-hybridized carbons (Fsp3) is 0.0769. The summed E-state index contributed by atoms with van der Waals surface area (Å²) in [6.07, 6.45) is 0.807. The number of aliphatic imine (C=N–C) groups is 1. The number of benzene rings is 1. The zero-order valence-corrected chi connectivity index (χ0v) is 9.45. The second kappa shape index (κ2) is 5.31. The maximum absolute atomic E-state index is 4.55. The Balaban J connectivity index is 2.22. The highest BCUT2D eigenvalue weighted by molar-refractivity contribution is 7.78. The molecule has 78 valence electrons. The smallest absolute Gasteiger partial charge is 0.162 e. The number of nitrogens with zero attached hydrogens (tertiary/aromatic N) is 2. The molecule has 16 heavy (non-hydrogen) atoms. The van der Waals surface area contributed by atoms with E-state index in [1.807, 2.05) is 36.4 Å². The minimum absolute atomic E-state index is 0.614. The molecule has 2 nitrogen and oxygen atoms in total. The summed E-state index contributed by atoms with van der Waals surface area (Å²) in [4.78, 5) is 8.22. The quantitative estimate of drug-likeness (QED) is 0.592. The van der Waals surface area contributed by atoms with Crippen LogP contribution in [0.1, 0.15) is 11.3 Å². The Morgan fingerprint density at radius 2 is 1.88 bits per heavy atom. The maximum Gasteiger partial charge on any atom is 0.162 e. The molecule has 0 saturated carbocycles. The van der Waals surface area contributed by atoms with E-state index in [1.165, 1.54) is 5.56 Å². The molecule has 0 N–H and O–H groups in total. The van der Waals surface area contributed by atoms with Crippen molar-refractivity contribution in [3.63, 3.8) is 0 Å². The molecule has 2 aromatic rings. The first-order chi connectivity index (χ1) is 7.88. The van der Waals surface area contributed by atoms with Gasteiger partial charge in [0.1, 0.15) is 0 Å². The predicted molar refractivity (Wildman–Crippen MR) is 68.2 cm³/mol. The van der Waals surface area contributed by atoms with Gasteiger partial charge in [0.05, 0.1) is 5.16 Å². The Bertz CT molecular complexity index is 516. The van der Waals surface area contributed by atoms with Crippen LogP contribution < -0.4 is 0 Å². The van der Waals surface area contributed by atoms with Crippen molar-refractivity contribution in [2.75, 3.05) is 0 Å². The van der Waals surface area contributed by atoms with Crippen LogP contribution in [-0.2, 0) is 6.42 Å². The molecule has 0 spiro atoms. The van der Waals surface area contributed by atoms with Crippen molar-refractivity contribution in [3.8, 4) is 0 Å². The number of hydrogen-bond acceptors (Lipinski definition) is 3. The van der Waals surface area contributed by atoms with Gasteiger partial charge < -0.3 is 0 Å². The highest BCUT2D eigenvalue weighted by atomic mass is 32.1. The summed E-state index contributed by atoms with van der Waals surface area (Å²) in [5.74, 6) is 0.614. The molecule has 0 aliphatic rings. The van der Waals surface area contributed by atoms with Gasteiger partial charge in [-0.15, -0.1) is 0 Å². The van der Waals surface area contributed by atoms with Gasteiger partial charge >= 0.3 is 0 Å². The van der Waals surface area contributed by atoms with Gasteiger partial charge in [0, 0.05) is 12.1 Å². The van der Waals surface area contributed by atoms with Crippen molar-refractivity contribution in [2.24, 2.45) is 4.99 Å². The summed E-state index contributed by atoms with van der Waals surface area (Å²) >= 11 is 4.55. The van der Waals surface area contributed by atoms with Crippen LogP contribution in [0.15, 0.2) is 53.5 Å². The van der Waals surface area contributed by atoms with Crippen LogP contribution in [0.4, 0.5) is 5.82 Å². The van der Waals surface area contributed by atoms with E-state index >= 15 is 0 Å². The molecule has 2 rings (SSSR count). The van der Waals surface area contributed by atoms with Gasteiger partial charge in [-0.2, -0.15) is 4.99 Å². The van der Waals surface area contributed by atoms with Crippen molar-refractivity contribution < 1.29 is 0 Å². The predicted octanol–water partition coefficient (Wildman–Crippen LogP) is 3.41.